The number of carboxylic acid groups (broad SMARTS) is 1. The van der Waals surface area contributed by atoms with Crippen molar-refractivity contribution in [3.8, 4) is 0 Å². The van der Waals surface area contributed by atoms with Crippen molar-refractivity contribution in [1.82, 2.24) is 15.2 Å². The minimum absolute atomic E-state index is 0.154. The van der Waals surface area contributed by atoms with Gasteiger partial charge >= 0.3 is 12.1 Å². The molecule has 1 aliphatic rings. The number of benzene rings is 1. The highest BCUT2D eigenvalue weighted by atomic mass is 32.2. The van der Waals surface area contributed by atoms with Crippen LogP contribution in [0.15, 0.2) is 35.4 Å². The number of rotatable bonds is 7. The Morgan fingerprint density at radius 2 is 1.68 bits per heavy atom. The molecule has 1 aromatic carbocycles. The molecular formula is C24H32F3N5O5S. The molecule has 3 rings (SSSR count). The molecule has 0 aliphatic carbocycles. The van der Waals surface area contributed by atoms with E-state index in [-0.39, 0.29) is 16.5 Å². The normalized spacial score (nSPS) is 13.8. The lowest BCUT2D eigenvalue weighted by Gasteiger charge is -2.31. The first-order chi connectivity index (χ1) is 17.7. The molecule has 38 heavy (non-hydrogen) atoms. The molecule has 0 radical (unpaired) electrons. The smallest absolute Gasteiger partial charge is 0.475 e. The van der Waals surface area contributed by atoms with Gasteiger partial charge in [-0.05, 0) is 57.0 Å². The van der Waals surface area contributed by atoms with Gasteiger partial charge in [-0.2, -0.15) is 13.2 Å². The molecular weight excluding hydrogens is 527 g/mol. The SMILES string of the molecule is CCN(CC)C(=O)c1cc(NS(=O)(=O)c2ccc(C)c(C)c2)cnc1N1CCNCC1.O=C(O)C(F)(F)F. The Morgan fingerprint density at radius 1 is 1.11 bits per heavy atom. The standard InChI is InChI=1S/C22H31N5O3S.C2HF3O2/c1-5-26(6-2)22(28)20-14-18(15-24-21(20)27-11-9-23-10-12-27)25-31(29,30)19-8-7-16(3)17(4)13-19;3-2(4,5)1(6)7/h7-8,13-15,23,25H,5-6,9-12H2,1-4H3;(H,6,7). The predicted octanol–water partition coefficient (Wildman–Crippen LogP) is 3.02. The first-order valence-corrected chi connectivity index (χ1v) is 13.3. The maximum Gasteiger partial charge on any atom is 0.490 e. The van der Waals surface area contributed by atoms with Crippen molar-refractivity contribution in [2.24, 2.45) is 0 Å². The molecule has 14 heteroatoms. The molecule has 0 unspecified atom stereocenters. The van der Waals surface area contributed by atoms with Crippen molar-refractivity contribution in [3.63, 3.8) is 0 Å². The molecule has 2 heterocycles. The van der Waals surface area contributed by atoms with Crippen LogP contribution >= 0.6 is 0 Å². The third kappa shape index (κ3) is 8.05. The Bertz CT molecular complexity index is 1240. The van der Waals surface area contributed by atoms with Crippen molar-refractivity contribution in [3.05, 3.63) is 47.2 Å². The summed E-state index contributed by atoms with van der Waals surface area (Å²) < 4.78 is 60.2. The van der Waals surface area contributed by atoms with Crippen LogP contribution in [0.1, 0.15) is 35.3 Å². The number of carbonyl (C=O) groups excluding carboxylic acids is 1. The van der Waals surface area contributed by atoms with Crippen LogP contribution in [0.25, 0.3) is 0 Å². The number of nitrogens with zero attached hydrogens (tertiary/aromatic N) is 3. The number of pyridine rings is 1. The van der Waals surface area contributed by atoms with Crippen molar-refractivity contribution < 1.29 is 36.3 Å². The summed E-state index contributed by atoms with van der Waals surface area (Å²) in [5.41, 5.74) is 2.60. The molecule has 1 aliphatic heterocycles. The van der Waals surface area contributed by atoms with Crippen molar-refractivity contribution in [2.45, 2.75) is 38.8 Å². The molecule has 10 nitrogen and oxygen atoms in total. The molecule has 210 valence electrons. The lowest BCUT2D eigenvalue weighted by Crippen LogP contribution is -2.45. The Hall–Kier alpha value is -3.39. The monoisotopic (exact) mass is 559 g/mol. The van der Waals surface area contributed by atoms with E-state index >= 15 is 0 Å². The van der Waals surface area contributed by atoms with Gasteiger partial charge in [0, 0.05) is 39.3 Å². The zero-order valence-corrected chi connectivity index (χ0v) is 22.4. The number of amides is 1. The fourth-order valence-corrected chi connectivity index (χ4v) is 4.69. The zero-order valence-electron chi connectivity index (χ0n) is 21.6. The van der Waals surface area contributed by atoms with Gasteiger partial charge in [-0.25, -0.2) is 18.2 Å². The highest BCUT2D eigenvalue weighted by Gasteiger charge is 2.38. The molecule has 0 bridgehead atoms. The molecule has 1 aromatic heterocycles. The molecule has 2 aromatic rings. The van der Waals surface area contributed by atoms with E-state index < -0.39 is 22.2 Å². The number of aryl methyl sites for hydroxylation is 2. The number of sulfonamides is 1. The van der Waals surface area contributed by atoms with Gasteiger partial charge in [-0.15, -0.1) is 0 Å². The lowest BCUT2D eigenvalue weighted by atomic mass is 10.1. The molecule has 3 N–H and O–H groups in total. The average Bonchev–Trinajstić information content (AvgIpc) is 2.86. The molecule has 0 atom stereocenters. The van der Waals surface area contributed by atoms with Crippen LogP contribution in [0.4, 0.5) is 24.7 Å². The second-order valence-corrected chi connectivity index (χ2v) is 10.1. The Kier molecular flexibility index (Phi) is 10.5. The van der Waals surface area contributed by atoms with E-state index in [0.717, 1.165) is 37.3 Å². The van der Waals surface area contributed by atoms with Crippen LogP contribution < -0.4 is 14.9 Å². The number of halogens is 3. The Balaban J connectivity index is 0.000000638. The summed E-state index contributed by atoms with van der Waals surface area (Å²) in [5, 5.41) is 10.4. The van der Waals surface area contributed by atoms with Crippen LogP contribution in [-0.4, -0.2) is 80.7 Å². The second kappa shape index (κ2) is 12.9. The number of hydrogen-bond donors (Lipinski definition) is 3. The third-order valence-corrected chi connectivity index (χ3v) is 7.23. The van der Waals surface area contributed by atoms with Gasteiger partial charge in [0.05, 0.1) is 22.3 Å². The Labute approximate surface area is 219 Å². The summed E-state index contributed by atoms with van der Waals surface area (Å²) in [5.74, 6) is -2.32. The van der Waals surface area contributed by atoms with Gasteiger partial charge < -0.3 is 20.2 Å². The molecule has 1 saturated heterocycles. The number of piperazine rings is 1. The minimum Gasteiger partial charge on any atom is -0.475 e. The van der Waals surface area contributed by atoms with E-state index in [9.17, 15) is 26.4 Å². The minimum atomic E-state index is -5.08. The van der Waals surface area contributed by atoms with E-state index in [2.05, 4.69) is 19.9 Å². The van der Waals surface area contributed by atoms with Crippen molar-refractivity contribution in [2.75, 3.05) is 48.9 Å². The predicted molar refractivity (Wildman–Crippen MR) is 137 cm³/mol. The summed E-state index contributed by atoms with van der Waals surface area (Å²) in [6, 6.07) is 6.60. The number of anilines is 2. The van der Waals surface area contributed by atoms with Crippen LogP contribution in [0.3, 0.4) is 0 Å². The van der Waals surface area contributed by atoms with E-state index in [1.54, 1.807) is 29.2 Å². The van der Waals surface area contributed by atoms with Gasteiger partial charge in [-0.1, -0.05) is 6.07 Å². The van der Waals surface area contributed by atoms with Crippen LogP contribution in [0, 0.1) is 13.8 Å². The van der Waals surface area contributed by atoms with Gasteiger partial charge in [0.25, 0.3) is 15.9 Å². The Morgan fingerprint density at radius 3 is 2.18 bits per heavy atom. The fraction of sp³-hybridized carbons (Fsp3) is 0.458. The van der Waals surface area contributed by atoms with Gasteiger partial charge in [0.15, 0.2) is 0 Å². The summed E-state index contributed by atoms with van der Waals surface area (Å²) in [7, 11) is -3.80. The van der Waals surface area contributed by atoms with Crippen LogP contribution in [0.5, 0.6) is 0 Å². The summed E-state index contributed by atoms with van der Waals surface area (Å²) in [4.78, 5) is 30.6. The van der Waals surface area contributed by atoms with Crippen molar-refractivity contribution >= 4 is 33.4 Å². The maximum atomic E-state index is 13.2. The largest absolute Gasteiger partial charge is 0.490 e. The second-order valence-electron chi connectivity index (χ2n) is 8.46. The average molecular weight is 560 g/mol. The number of nitrogens with one attached hydrogen (secondary N) is 2. The highest BCUT2D eigenvalue weighted by Crippen LogP contribution is 2.26. The molecule has 0 saturated carbocycles. The van der Waals surface area contributed by atoms with Crippen molar-refractivity contribution in [1.29, 1.82) is 0 Å². The zero-order chi connectivity index (χ0) is 28.7. The highest BCUT2D eigenvalue weighted by molar-refractivity contribution is 7.92. The van der Waals surface area contributed by atoms with Crippen LogP contribution in [-0.2, 0) is 14.8 Å². The molecule has 1 fully saturated rings. The number of aliphatic carboxylic acids is 1. The lowest BCUT2D eigenvalue weighted by molar-refractivity contribution is -0.192. The fourth-order valence-electron chi connectivity index (χ4n) is 3.58. The quantitative estimate of drug-likeness (QED) is 0.472. The summed E-state index contributed by atoms with van der Waals surface area (Å²) in [6.45, 7) is 11.9. The van der Waals surface area contributed by atoms with Gasteiger partial charge in [-0.3, -0.25) is 9.52 Å². The van der Waals surface area contributed by atoms with Gasteiger partial charge in [0.1, 0.15) is 5.82 Å². The van der Waals surface area contributed by atoms with Crippen LogP contribution in [0.2, 0.25) is 0 Å². The number of carbonyl (C=O) groups is 2. The maximum absolute atomic E-state index is 13.2. The van der Waals surface area contributed by atoms with E-state index in [4.69, 9.17) is 9.90 Å². The molecule has 1 amide bonds. The number of carboxylic acids is 1. The van der Waals surface area contributed by atoms with Gasteiger partial charge in [0.2, 0.25) is 0 Å². The number of aromatic nitrogens is 1. The molecule has 0 spiro atoms. The van der Waals surface area contributed by atoms with E-state index in [1.807, 2.05) is 27.7 Å². The summed E-state index contributed by atoms with van der Waals surface area (Å²) in [6.07, 6.45) is -3.60. The van der Waals surface area contributed by atoms with E-state index in [0.29, 0.717) is 24.5 Å². The van der Waals surface area contributed by atoms with E-state index in [1.165, 1.54) is 6.20 Å². The summed E-state index contributed by atoms with van der Waals surface area (Å²) >= 11 is 0. The first-order valence-electron chi connectivity index (χ1n) is 11.9. The number of hydrogen-bond acceptors (Lipinski definition) is 7. The third-order valence-electron chi connectivity index (χ3n) is 5.85. The first kappa shape index (κ1) is 30.8. The topological polar surface area (TPSA) is 132 Å². The number of alkyl halides is 3.